The Balaban J connectivity index is 2.38. The summed E-state index contributed by atoms with van der Waals surface area (Å²) in [5, 5.41) is 0. The first-order valence-corrected chi connectivity index (χ1v) is 5.20. The molecule has 0 N–H and O–H groups in total. The second-order valence-corrected chi connectivity index (χ2v) is 4.56. The van der Waals surface area contributed by atoms with Crippen molar-refractivity contribution in [1.82, 2.24) is 0 Å². The molecule has 0 radical (unpaired) electrons. The molecule has 0 heterocycles. The zero-order valence-corrected chi connectivity index (χ0v) is 8.55. The summed E-state index contributed by atoms with van der Waals surface area (Å²) in [5.41, 5.74) is 0. The summed E-state index contributed by atoms with van der Waals surface area (Å²) in [5.74, 6) is 1.22. The van der Waals surface area contributed by atoms with Crippen LogP contribution in [0.4, 0.5) is 0 Å². The van der Waals surface area contributed by atoms with Crippen LogP contribution in [0.25, 0.3) is 0 Å². The van der Waals surface area contributed by atoms with Gasteiger partial charge in [-0.2, -0.15) is 0 Å². The summed E-state index contributed by atoms with van der Waals surface area (Å²) in [6, 6.07) is 0. The van der Waals surface area contributed by atoms with Gasteiger partial charge in [0.15, 0.2) is 0 Å². The molecule has 0 saturated heterocycles. The maximum atomic E-state index is 5.79. The number of rotatable bonds is 2. The van der Waals surface area contributed by atoms with Crippen LogP contribution in [-0.4, -0.2) is 4.32 Å². The van der Waals surface area contributed by atoms with Crippen LogP contribution in [0.3, 0.4) is 0 Å². The monoisotopic (exact) mass is 190 g/mol. The van der Waals surface area contributed by atoms with Crippen molar-refractivity contribution in [3.63, 3.8) is 0 Å². The molecular weight excluding hydrogens is 176 g/mol. The van der Waals surface area contributed by atoms with Gasteiger partial charge in [0.2, 0.25) is 0 Å². The third-order valence-corrected chi connectivity index (χ3v) is 3.43. The molecule has 64 valence electrons. The van der Waals surface area contributed by atoms with Gasteiger partial charge >= 0.3 is 0 Å². The molecule has 0 aromatic rings. The van der Waals surface area contributed by atoms with Crippen LogP contribution < -0.4 is 0 Å². The van der Waals surface area contributed by atoms with E-state index in [9.17, 15) is 0 Å². The van der Waals surface area contributed by atoms with Gasteiger partial charge in [0, 0.05) is 5.92 Å². The summed E-state index contributed by atoms with van der Waals surface area (Å²) in [6.07, 6.45) is 6.79. The SMILES string of the molecule is CC(C(=S)Cl)C1CCCCC1. The van der Waals surface area contributed by atoms with E-state index in [2.05, 4.69) is 6.92 Å². The highest BCUT2D eigenvalue weighted by molar-refractivity contribution is 7.83. The molecule has 1 aliphatic carbocycles. The Morgan fingerprint density at radius 1 is 1.36 bits per heavy atom. The molecule has 0 aliphatic heterocycles. The lowest BCUT2D eigenvalue weighted by molar-refractivity contribution is 0.315. The minimum atomic E-state index is 0.451. The van der Waals surface area contributed by atoms with Crippen LogP contribution in [0.1, 0.15) is 39.0 Å². The molecule has 0 aromatic carbocycles. The Morgan fingerprint density at radius 3 is 2.36 bits per heavy atom. The van der Waals surface area contributed by atoms with Crippen molar-refractivity contribution in [2.24, 2.45) is 11.8 Å². The maximum Gasteiger partial charge on any atom is 0.0839 e. The summed E-state index contributed by atoms with van der Waals surface area (Å²) < 4.78 is 0.678. The molecule has 1 atom stereocenters. The second-order valence-electron chi connectivity index (χ2n) is 3.49. The van der Waals surface area contributed by atoms with E-state index in [1.165, 1.54) is 32.1 Å². The van der Waals surface area contributed by atoms with Crippen molar-refractivity contribution >= 4 is 28.1 Å². The van der Waals surface area contributed by atoms with Crippen molar-refractivity contribution < 1.29 is 0 Å². The standard InChI is InChI=1S/C9H15ClS/c1-7(9(10)11)8-5-3-2-4-6-8/h7-8H,2-6H2,1H3. The lowest BCUT2D eigenvalue weighted by Gasteiger charge is -2.26. The minimum absolute atomic E-state index is 0.451. The van der Waals surface area contributed by atoms with E-state index < -0.39 is 0 Å². The second kappa shape index (κ2) is 4.42. The van der Waals surface area contributed by atoms with E-state index in [1.54, 1.807) is 0 Å². The first-order valence-electron chi connectivity index (χ1n) is 4.41. The van der Waals surface area contributed by atoms with Crippen LogP contribution in [0.15, 0.2) is 0 Å². The normalized spacial score (nSPS) is 23.1. The summed E-state index contributed by atoms with van der Waals surface area (Å²) >= 11 is 10.8. The van der Waals surface area contributed by atoms with Crippen LogP contribution in [-0.2, 0) is 0 Å². The molecule has 1 fully saturated rings. The van der Waals surface area contributed by atoms with Crippen LogP contribution in [0.5, 0.6) is 0 Å². The Morgan fingerprint density at radius 2 is 1.91 bits per heavy atom. The number of hydrogen-bond acceptors (Lipinski definition) is 1. The van der Waals surface area contributed by atoms with Crippen molar-refractivity contribution in [1.29, 1.82) is 0 Å². The molecule has 0 amide bonds. The Hall–Kier alpha value is 0.380. The van der Waals surface area contributed by atoms with Crippen LogP contribution in [0, 0.1) is 11.8 Å². The van der Waals surface area contributed by atoms with Gasteiger partial charge in [-0.05, 0) is 18.8 Å². The molecule has 1 rings (SSSR count). The van der Waals surface area contributed by atoms with Crippen LogP contribution in [0.2, 0.25) is 0 Å². The zero-order valence-electron chi connectivity index (χ0n) is 6.98. The molecule has 11 heavy (non-hydrogen) atoms. The maximum absolute atomic E-state index is 5.79. The molecule has 1 aliphatic rings. The van der Waals surface area contributed by atoms with Crippen LogP contribution >= 0.6 is 23.8 Å². The fraction of sp³-hybridized carbons (Fsp3) is 0.889. The van der Waals surface area contributed by atoms with Gasteiger partial charge in [0.25, 0.3) is 0 Å². The first kappa shape index (κ1) is 9.47. The Kier molecular flexibility index (Phi) is 3.80. The zero-order chi connectivity index (χ0) is 8.27. The van der Waals surface area contributed by atoms with Crippen molar-refractivity contribution in [2.45, 2.75) is 39.0 Å². The first-order chi connectivity index (χ1) is 5.22. The third kappa shape index (κ3) is 2.72. The highest BCUT2D eigenvalue weighted by Gasteiger charge is 2.21. The quantitative estimate of drug-likeness (QED) is 0.472. The fourth-order valence-corrected chi connectivity index (χ4v) is 2.19. The molecule has 1 unspecified atom stereocenters. The predicted molar refractivity (Wildman–Crippen MR) is 54.2 cm³/mol. The van der Waals surface area contributed by atoms with Gasteiger partial charge < -0.3 is 0 Å². The summed E-state index contributed by atoms with van der Waals surface area (Å²) in [7, 11) is 0. The van der Waals surface area contributed by atoms with Gasteiger partial charge in [0.1, 0.15) is 0 Å². The number of thiocarbonyl (C=S) groups is 1. The number of halogens is 1. The highest BCUT2D eigenvalue weighted by atomic mass is 35.5. The Bertz CT molecular complexity index is 138. The van der Waals surface area contributed by atoms with Gasteiger partial charge in [-0.3, -0.25) is 0 Å². The largest absolute Gasteiger partial charge is 0.0839 e. The Labute approximate surface area is 79.3 Å². The average molecular weight is 191 g/mol. The molecule has 0 aromatic heterocycles. The van der Waals surface area contributed by atoms with E-state index in [-0.39, 0.29) is 0 Å². The topological polar surface area (TPSA) is 0 Å². The van der Waals surface area contributed by atoms with Crippen molar-refractivity contribution in [2.75, 3.05) is 0 Å². The van der Waals surface area contributed by atoms with E-state index in [0.29, 0.717) is 10.2 Å². The van der Waals surface area contributed by atoms with Crippen molar-refractivity contribution in [3.8, 4) is 0 Å². The lowest BCUT2D eigenvalue weighted by atomic mass is 9.82. The third-order valence-electron chi connectivity index (χ3n) is 2.71. The molecule has 0 bridgehead atoms. The van der Waals surface area contributed by atoms with Gasteiger partial charge in [0.05, 0.1) is 4.32 Å². The number of hydrogen-bond donors (Lipinski definition) is 0. The van der Waals surface area contributed by atoms with Gasteiger partial charge in [-0.15, -0.1) is 0 Å². The van der Waals surface area contributed by atoms with E-state index >= 15 is 0 Å². The predicted octanol–water partition coefficient (Wildman–Crippen LogP) is 3.77. The van der Waals surface area contributed by atoms with E-state index in [0.717, 1.165) is 5.92 Å². The van der Waals surface area contributed by atoms with E-state index in [1.807, 2.05) is 0 Å². The summed E-state index contributed by atoms with van der Waals surface area (Å²) in [6.45, 7) is 2.16. The van der Waals surface area contributed by atoms with E-state index in [4.69, 9.17) is 23.8 Å². The summed E-state index contributed by atoms with van der Waals surface area (Å²) in [4.78, 5) is 0. The highest BCUT2D eigenvalue weighted by Crippen LogP contribution is 2.31. The molecule has 0 spiro atoms. The molecule has 2 heteroatoms. The average Bonchev–Trinajstić information content (AvgIpc) is 2.05. The van der Waals surface area contributed by atoms with Crippen molar-refractivity contribution in [3.05, 3.63) is 0 Å². The minimum Gasteiger partial charge on any atom is -0.0762 e. The lowest BCUT2D eigenvalue weighted by Crippen LogP contribution is -2.18. The fourth-order valence-electron chi connectivity index (χ4n) is 1.82. The molecule has 1 saturated carbocycles. The smallest absolute Gasteiger partial charge is 0.0762 e. The molecular formula is C9H15ClS. The van der Waals surface area contributed by atoms with Gasteiger partial charge in [-0.25, -0.2) is 0 Å². The molecule has 0 nitrogen and oxygen atoms in total. The van der Waals surface area contributed by atoms with Gasteiger partial charge in [-0.1, -0.05) is 50.0 Å².